The average molecular weight is 275 g/mol. The maximum atomic E-state index is 11.9. The summed E-state index contributed by atoms with van der Waals surface area (Å²) < 4.78 is 26.6. The molecule has 5 nitrogen and oxygen atoms in total. The van der Waals surface area contributed by atoms with Crippen LogP contribution in [0.4, 0.5) is 0 Å². The second kappa shape index (κ2) is 5.41. The molecule has 1 aromatic heterocycles. The minimum Gasteiger partial charge on any atom is -0.335 e. The maximum Gasteiger partial charge on any atom is 0.257 e. The van der Waals surface area contributed by atoms with Gasteiger partial charge in [0.05, 0.1) is 12.5 Å². The van der Waals surface area contributed by atoms with Crippen molar-refractivity contribution < 1.29 is 8.42 Å². The van der Waals surface area contributed by atoms with Crippen molar-refractivity contribution in [2.45, 2.75) is 42.5 Å². The summed E-state index contributed by atoms with van der Waals surface area (Å²) >= 11 is 1.91. The van der Waals surface area contributed by atoms with Gasteiger partial charge < -0.3 is 4.98 Å². The van der Waals surface area contributed by atoms with Crippen LogP contribution in [0.1, 0.15) is 26.2 Å². The molecule has 2 atom stereocenters. The summed E-state index contributed by atoms with van der Waals surface area (Å²) in [6, 6.07) is 0.0624. The van der Waals surface area contributed by atoms with Crippen molar-refractivity contribution in [1.82, 2.24) is 14.7 Å². The molecule has 0 aromatic carbocycles. The zero-order chi connectivity index (χ0) is 12.3. The number of thioether (sulfide) groups is 1. The predicted molar refractivity (Wildman–Crippen MR) is 68.5 cm³/mol. The van der Waals surface area contributed by atoms with Crippen LogP contribution < -0.4 is 4.72 Å². The molecule has 17 heavy (non-hydrogen) atoms. The van der Waals surface area contributed by atoms with E-state index < -0.39 is 10.0 Å². The number of rotatable bonds is 5. The van der Waals surface area contributed by atoms with E-state index in [1.807, 2.05) is 11.8 Å². The zero-order valence-electron chi connectivity index (χ0n) is 9.72. The molecule has 96 valence electrons. The fourth-order valence-corrected chi connectivity index (χ4v) is 4.44. The first kappa shape index (κ1) is 12.9. The Balaban J connectivity index is 1.94. The number of hydrogen-bond acceptors (Lipinski definition) is 4. The summed E-state index contributed by atoms with van der Waals surface area (Å²) in [6.45, 7) is 2.13. The first-order chi connectivity index (χ1) is 8.12. The van der Waals surface area contributed by atoms with Crippen LogP contribution in [0.2, 0.25) is 0 Å². The van der Waals surface area contributed by atoms with Gasteiger partial charge in [-0.15, -0.1) is 0 Å². The molecule has 1 heterocycles. The molecule has 1 aliphatic rings. The van der Waals surface area contributed by atoms with Crippen LogP contribution in [0, 0.1) is 0 Å². The van der Waals surface area contributed by atoms with Crippen LogP contribution in [0.3, 0.4) is 0 Å². The third-order valence-electron chi connectivity index (χ3n) is 2.87. The molecule has 1 saturated carbocycles. The van der Waals surface area contributed by atoms with Gasteiger partial charge in [-0.25, -0.2) is 18.1 Å². The Morgan fingerprint density at radius 1 is 1.59 bits per heavy atom. The molecule has 7 heteroatoms. The lowest BCUT2D eigenvalue weighted by Gasteiger charge is -2.12. The van der Waals surface area contributed by atoms with E-state index in [1.165, 1.54) is 12.5 Å². The number of nitrogens with one attached hydrogen (secondary N) is 2. The number of imidazole rings is 1. The molecule has 2 rings (SSSR count). The van der Waals surface area contributed by atoms with Gasteiger partial charge in [-0.2, -0.15) is 11.8 Å². The van der Waals surface area contributed by atoms with Crippen molar-refractivity contribution in [3.05, 3.63) is 12.5 Å². The van der Waals surface area contributed by atoms with Crippen molar-refractivity contribution in [2.75, 3.05) is 5.75 Å². The van der Waals surface area contributed by atoms with E-state index in [9.17, 15) is 8.42 Å². The van der Waals surface area contributed by atoms with Crippen molar-refractivity contribution in [3.63, 3.8) is 0 Å². The Bertz CT molecular complexity index is 444. The molecule has 2 unspecified atom stereocenters. The Labute approximate surface area is 106 Å². The molecule has 1 fully saturated rings. The van der Waals surface area contributed by atoms with Crippen LogP contribution >= 0.6 is 11.8 Å². The van der Waals surface area contributed by atoms with Gasteiger partial charge in [0.15, 0.2) is 5.03 Å². The number of nitrogens with zero attached hydrogens (tertiary/aromatic N) is 1. The molecule has 2 N–H and O–H groups in total. The Kier molecular flexibility index (Phi) is 4.11. The lowest BCUT2D eigenvalue weighted by Crippen LogP contribution is -2.33. The number of H-pyrrole nitrogens is 1. The van der Waals surface area contributed by atoms with Crippen molar-refractivity contribution in [3.8, 4) is 0 Å². The van der Waals surface area contributed by atoms with Gasteiger partial charge in [-0.3, -0.25) is 0 Å². The molecule has 0 aliphatic heterocycles. The molecule has 0 amide bonds. The number of aromatic amines is 1. The van der Waals surface area contributed by atoms with Crippen LogP contribution in [0.15, 0.2) is 17.6 Å². The zero-order valence-corrected chi connectivity index (χ0v) is 11.4. The van der Waals surface area contributed by atoms with Gasteiger partial charge in [0, 0.05) is 11.3 Å². The van der Waals surface area contributed by atoms with Gasteiger partial charge in [0.1, 0.15) is 0 Å². The molecule has 0 spiro atoms. The average Bonchev–Trinajstić information content (AvgIpc) is 2.88. The summed E-state index contributed by atoms with van der Waals surface area (Å²) in [5.41, 5.74) is 0. The summed E-state index contributed by atoms with van der Waals surface area (Å²) in [6.07, 6.45) is 5.64. The summed E-state index contributed by atoms with van der Waals surface area (Å²) in [7, 11) is -3.42. The predicted octanol–water partition coefficient (Wildman–Crippen LogP) is 1.36. The summed E-state index contributed by atoms with van der Waals surface area (Å²) in [4.78, 5) is 6.35. The highest BCUT2D eigenvalue weighted by atomic mass is 32.2. The van der Waals surface area contributed by atoms with Crippen LogP contribution in [-0.2, 0) is 10.0 Å². The highest BCUT2D eigenvalue weighted by molar-refractivity contribution is 7.99. The molecular formula is C10H17N3O2S2. The van der Waals surface area contributed by atoms with E-state index in [0.29, 0.717) is 5.25 Å². The monoisotopic (exact) mass is 275 g/mol. The van der Waals surface area contributed by atoms with E-state index in [4.69, 9.17) is 0 Å². The minimum atomic E-state index is -3.42. The third kappa shape index (κ3) is 3.23. The molecule has 1 aromatic rings. The number of aromatic nitrogens is 2. The largest absolute Gasteiger partial charge is 0.335 e. The fourth-order valence-electron chi connectivity index (χ4n) is 2.11. The van der Waals surface area contributed by atoms with Crippen molar-refractivity contribution in [2.24, 2.45) is 0 Å². The highest BCUT2D eigenvalue weighted by Gasteiger charge is 2.29. The second-order valence-electron chi connectivity index (χ2n) is 4.12. The third-order valence-corrected chi connectivity index (χ3v) is 5.55. The lowest BCUT2D eigenvalue weighted by atomic mass is 10.3. The van der Waals surface area contributed by atoms with Crippen molar-refractivity contribution in [1.29, 1.82) is 0 Å². The quantitative estimate of drug-likeness (QED) is 0.851. The molecular weight excluding hydrogens is 258 g/mol. The standard InChI is InChI=1S/C10H17N3O2S2/c1-2-16-9-4-3-8(5-9)13-17(14,15)10-6-11-7-12-10/h6-9,13H,2-5H2,1H3,(H,11,12). The maximum absolute atomic E-state index is 11.9. The number of hydrogen-bond donors (Lipinski definition) is 2. The normalized spacial score (nSPS) is 25.2. The van der Waals surface area contributed by atoms with Crippen molar-refractivity contribution >= 4 is 21.8 Å². The SMILES string of the molecule is CCSC1CCC(NS(=O)(=O)c2cnc[nH]2)C1. The fraction of sp³-hybridized carbons (Fsp3) is 0.700. The van der Waals surface area contributed by atoms with Gasteiger partial charge in [0.2, 0.25) is 0 Å². The van der Waals surface area contributed by atoms with E-state index >= 15 is 0 Å². The summed E-state index contributed by atoms with van der Waals surface area (Å²) in [5.74, 6) is 1.09. The summed E-state index contributed by atoms with van der Waals surface area (Å²) in [5, 5.41) is 0.735. The lowest BCUT2D eigenvalue weighted by molar-refractivity contribution is 0.550. The van der Waals surface area contributed by atoms with Gasteiger partial charge >= 0.3 is 0 Å². The minimum absolute atomic E-state index is 0.0624. The van der Waals surface area contributed by atoms with Gasteiger partial charge in [0.25, 0.3) is 10.0 Å². The second-order valence-corrected chi connectivity index (χ2v) is 7.38. The Hall–Kier alpha value is -0.530. The topological polar surface area (TPSA) is 74.8 Å². The van der Waals surface area contributed by atoms with Crippen LogP contribution in [0.5, 0.6) is 0 Å². The van der Waals surface area contributed by atoms with E-state index in [1.54, 1.807) is 0 Å². The van der Waals surface area contributed by atoms with Crippen LogP contribution in [0.25, 0.3) is 0 Å². The molecule has 0 bridgehead atoms. The van der Waals surface area contributed by atoms with E-state index in [-0.39, 0.29) is 11.1 Å². The van der Waals surface area contributed by atoms with Crippen LogP contribution in [-0.4, -0.2) is 35.4 Å². The first-order valence-electron chi connectivity index (χ1n) is 5.74. The molecule has 1 aliphatic carbocycles. The highest BCUT2D eigenvalue weighted by Crippen LogP contribution is 2.30. The van der Waals surface area contributed by atoms with Gasteiger partial charge in [-0.1, -0.05) is 6.92 Å². The van der Waals surface area contributed by atoms with Gasteiger partial charge in [-0.05, 0) is 25.0 Å². The van der Waals surface area contributed by atoms with E-state index in [0.717, 1.165) is 25.0 Å². The first-order valence-corrected chi connectivity index (χ1v) is 8.27. The Morgan fingerprint density at radius 2 is 2.41 bits per heavy atom. The Morgan fingerprint density at radius 3 is 3.06 bits per heavy atom. The smallest absolute Gasteiger partial charge is 0.257 e. The number of sulfonamides is 1. The molecule has 0 radical (unpaired) electrons. The van der Waals surface area contributed by atoms with E-state index in [2.05, 4.69) is 21.6 Å². The molecule has 0 saturated heterocycles.